The van der Waals surface area contributed by atoms with Crippen molar-refractivity contribution in [2.24, 2.45) is 0 Å². The van der Waals surface area contributed by atoms with Crippen molar-refractivity contribution >= 4 is 33.2 Å². The van der Waals surface area contributed by atoms with Crippen LogP contribution in [0.15, 0.2) is 15.9 Å². The molecule has 0 aliphatic carbocycles. The molecule has 0 bridgehead atoms. The summed E-state index contributed by atoms with van der Waals surface area (Å²) in [5.41, 5.74) is 0. The molecule has 0 aromatic carbocycles. The van der Waals surface area contributed by atoms with Gasteiger partial charge in [0.25, 0.3) is 0 Å². The summed E-state index contributed by atoms with van der Waals surface area (Å²) in [4.78, 5) is 14.6. The largest absolute Gasteiger partial charge is 0.469 e. The van der Waals surface area contributed by atoms with Crippen LogP contribution in [0.3, 0.4) is 0 Å². The fourth-order valence-corrected chi connectivity index (χ4v) is 2.88. The third-order valence-electron chi connectivity index (χ3n) is 2.32. The zero-order chi connectivity index (χ0) is 12.0. The van der Waals surface area contributed by atoms with Crippen molar-refractivity contribution in [3.05, 3.63) is 20.8 Å². The van der Waals surface area contributed by atoms with Crippen LogP contribution in [0.25, 0.3) is 0 Å². The van der Waals surface area contributed by atoms with Crippen molar-refractivity contribution in [1.29, 1.82) is 0 Å². The molecule has 3 nitrogen and oxygen atoms in total. The van der Waals surface area contributed by atoms with Crippen LogP contribution in [0, 0.1) is 0 Å². The lowest BCUT2D eigenvalue weighted by Crippen LogP contribution is -2.25. The predicted molar refractivity (Wildman–Crippen MR) is 69.6 cm³/mol. The molecule has 0 radical (unpaired) electrons. The Morgan fingerprint density at radius 2 is 2.31 bits per heavy atom. The number of esters is 1. The number of hydrogen-bond acceptors (Lipinski definition) is 4. The van der Waals surface area contributed by atoms with Gasteiger partial charge in [-0.1, -0.05) is 6.92 Å². The van der Waals surface area contributed by atoms with Crippen LogP contribution in [-0.4, -0.2) is 31.1 Å². The molecule has 0 aliphatic rings. The SMILES string of the molecule is CCN(CCC(=O)OC)Cc1ccc(Br)s1. The fourth-order valence-electron chi connectivity index (χ4n) is 1.36. The lowest BCUT2D eigenvalue weighted by molar-refractivity contribution is -0.141. The van der Waals surface area contributed by atoms with E-state index in [1.54, 1.807) is 11.3 Å². The maximum Gasteiger partial charge on any atom is 0.306 e. The summed E-state index contributed by atoms with van der Waals surface area (Å²) < 4.78 is 5.77. The molecule has 1 rings (SSSR count). The van der Waals surface area contributed by atoms with E-state index < -0.39 is 0 Å². The van der Waals surface area contributed by atoms with Crippen LogP contribution in [0.4, 0.5) is 0 Å². The number of halogens is 1. The normalized spacial score (nSPS) is 10.8. The first-order chi connectivity index (χ1) is 7.65. The van der Waals surface area contributed by atoms with Crippen LogP contribution in [0.1, 0.15) is 18.2 Å². The van der Waals surface area contributed by atoms with Crippen LogP contribution in [0.5, 0.6) is 0 Å². The number of nitrogens with zero attached hydrogens (tertiary/aromatic N) is 1. The maximum absolute atomic E-state index is 11.0. The Hall–Kier alpha value is -0.390. The molecule has 0 aliphatic heterocycles. The zero-order valence-electron chi connectivity index (χ0n) is 9.53. The van der Waals surface area contributed by atoms with Crippen LogP contribution in [-0.2, 0) is 16.1 Å². The number of thiophene rings is 1. The van der Waals surface area contributed by atoms with E-state index >= 15 is 0 Å². The summed E-state index contributed by atoms with van der Waals surface area (Å²) in [6.45, 7) is 4.68. The Morgan fingerprint density at radius 3 is 2.81 bits per heavy atom. The molecule has 5 heteroatoms. The second-order valence-electron chi connectivity index (χ2n) is 3.40. The Morgan fingerprint density at radius 1 is 1.56 bits per heavy atom. The third kappa shape index (κ3) is 4.63. The second kappa shape index (κ2) is 7.04. The summed E-state index contributed by atoms with van der Waals surface area (Å²) in [5, 5.41) is 0. The van der Waals surface area contributed by atoms with Crippen molar-refractivity contribution in [2.75, 3.05) is 20.2 Å². The molecule has 0 atom stereocenters. The number of ether oxygens (including phenoxy) is 1. The third-order valence-corrected chi connectivity index (χ3v) is 3.92. The van der Waals surface area contributed by atoms with Crippen LogP contribution < -0.4 is 0 Å². The first-order valence-corrected chi connectivity index (χ1v) is 6.80. The molecule has 0 fully saturated rings. The van der Waals surface area contributed by atoms with Crippen LogP contribution in [0.2, 0.25) is 0 Å². The van der Waals surface area contributed by atoms with Gasteiger partial charge in [0, 0.05) is 18.0 Å². The van der Waals surface area contributed by atoms with Gasteiger partial charge in [0.1, 0.15) is 0 Å². The van der Waals surface area contributed by atoms with E-state index in [0.717, 1.165) is 23.4 Å². The van der Waals surface area contributed by atoms with Gasteiger partial charge < -0.3 is 4.74 Å². The number of methoxy groups -OCH3 is 1. The van der Waals surface area contributed by atoms with Gasteiger partial charge in [0.2, 0.25) is 0 Å². The Kier molecular flexibility index (Phi) is 6.01. The first-order valence-electron chi connectivity index (χ1n) is 5.19. The molecule has 16 heavy (non-hydrogen) atoms. The smallest absolute Gasteiger partial charge is 0.306 e. The molecule has 0 amide bonds. The summed E-state index contributed by atoms with van der Waals surface area (Å²) in [7, 11) is 1.43. The van der Waals surface area contributed by atoms with E-state index in [-0.39, 0.29) is 5.97 Å². The van der Waals surface area contributed by atoms with E-state index in [0.29, 0.717) is 6.42 Å². The van der Waals surface area contributed by atoms with Gasteiger partial charge >= 0.3 is 5.97 Å². The van der Waals surface area contributed by atoms with Crippen molar-refractivity contribution < 1.29 is 9.53 Å². The summed E-state index contributed by atoms with van der Waals surface area (Å²) in [5.74, 6) is -0.147. The molecular weight excluding hydrogens is 290 g/mol. The van der Waals surface area contributed by atoms with E-state index in [9.17, 15) is 4.79 Å². The fraction of sp³-hybridized carbons (Fsp3) is 0.545. The summed E-state index contributed by atoms with van der Waals surface area (Å²) >= 11 is 5.17. The highest BCUT2D eigenvalue weighted by molar-refractivity contribution is 9.11. The number of carbonyl (C=O) groups is 1. The van der Waals surface area contributed by atoms with Crippen LogP contribution >= 0.6 is 27.3 Å². The average Bonchev–Trinajstić information content (AvgIpc) is 2.69. The minimum Gasteiger partial charge on any atom is -0.469 e. The van der Waals surface area contributed by atoms with Gasteiger partial charge in [-0.15, -0.1) is 11.3 Å². The molecule has 1 aromatic heterocycles. The zero-order valence-corrected chi connectivity index (χ0v) is 11.9. The Bertz CT molecular complexity index is 340. The Balaban J connectivity index is 2.40. The molecule has 0 spiro atoms. The highest BCUT2D eigenvalue weighted by Gasteiger charge is 2.08. The minimum atomic E-state index is -0.147. The van der Waals surface area contributed by atoms with Crippen molar-refractivity contribution in [3.8, 4) is 0 Å². The summed E-state index contributed by atoms with van der Waals surface area (Å²) in [6, 6.07) is 4.16. The summed E-state index contributed by atoms with van der Waals surface area (Å²) in [6.07, 6.45) is 0.455. The van der Waals surface area contributed by atoms with Crippen molar-refractivity contribution in [2.45, 2.75) is 19.9 Å². The molecule has 90 valence electrons. The molecule has 1 heterocycles. The molecule has 0 N–H and O–H groups in total. The van der Waals surface area contributed by atoms with Crippen molar-refractivity contribution in [1.82, 2.24) is 4.90 Å². The predicted octanol–water partition coefficient (Wildman–Crippen LogP) is 2.90. The molecule has 0 saturated carbocycles. The standard InChI is InChI=1S/C11H16BrNO2S/c1-3-13(7-6-11(14)15-2)8-9-4-5-10(12)16-9/h4-5H,3,6-8H2,1-2H3. The topological polar surface area (TPSA) is 29.5 Å². The maximum atomic E-state index is 11.0. The Labute approximate surface area is 109 Å². The average molecular weight is 306 g/mol. The van der Waals surface area contributed by atoms with Crippen molar-refractivity contribution in [3.63, 3.8) is 0 Å². The molecule has 0 saturated heterocycles. The van der Waals surface area contributed by atoms with Gasteiger partial charge in [-0.25, -0.2) is 0 Å². The van der Waals surface area contributed by atoms with E-state index in [1.165, 1.54) is 12.0 Å². The number of carbonyl (C=O) groups excluding carboxylic acids is 1. The van der Waals surface area contributed by atoms with E-state index in [1.807, 2.05) is 6.07 Å². The monoisotopic (exact) mass is 305 g/mol. The highest BCUT2D eigenvalue weighted by Crippen LogP contribution is 2.23. The lowest BCUT2D eigenvalue weighted by atomic mass is 10.3. The second-order valence-corrected chi connectivity index (χ2v) is 5.95. The van der Waals surface area contributed by atoms with E-state index in [2.05, 4.69) is 38.6 Å². The molecule has 1 aromatic rings. The lowest BCUT2D eigenvalue weighted by Gasteiger charge is -2.18. The first kappa shape index (κ1) is 13.7. The molecular formula is C11H16BrNO2S. The quantitative estimate of drug-likeness (QED) is 0.757. The van der Waals surface area contributed by atoms with Gasteiger partial charge in [-0.2, -0.15) is 0 Å². The number of hydrogen-bond donors (Lipinski definition) is 0. The van der Waals surface area contributed by atoms with Gasteiger partial charge in [-0.3, -0.25) is 9.69 Å². The van der Waals surface area contributed by atoms with Gasteiger partial charge in [-0.05, 0) is 34.6 Å². The number of rotatable bonds is 6. The minimum absolute atomic E-state index is 0.147. The van der Waals surface area contributed by atoms with E-state index in [4.69, 9.17) is 0 Å². The van der Waals surface area contributed by atoms with Gasteiger partial charge in [0.05, 0.1) is 17.3 Å². The van der Waals surface area contributed by atoms with Gasteiger partial charge in [0.15, 0.2) is 0 Å². The molecule has 0 unspecified atom stereocenters. The highest BCUT2D eigenvalue weighted by atomic mass is 79.9.